The van der Waals surface area contributed by atoms with Crippen LogP contribution in [-0.4, -0.2) is 28.0 Å². The molecule has 3 nitrogen and oxygen atoms in total. The fourth-order valence-electron chi connectivity index (χ4n) is 3.62. The van der Waals surface area contributed by atoms with E-state index in [1.807, 2.05) is 0 Å². The Morgan fingerprint density at radius 2 is 0.676 bits per heavy atom. The molecule has 0 aromatic heterocycles. The van der Waals surface area contributed by atoms with Crippen molar-refractivity contribution in [3.05, 3.63) is 70.6 Å². The zero-order valence-electron chi connectivity index (χ0n) is 17.4. The Labute approximate surface area is 186 Å². The molecule has 180 valence electrons. The van der Waals surface area contributed by atoms with Gasteiger partial charge in [-0.25, -0.2) is 39.5 Å². The summed E-state index contributed by atoms with van der Waals surface area (Å²) in [6, 6.07) is 0.0661. The standard InChI is InChI=1S/C21H12BF9O3/c1-32-19-10(26)4-7(23)16(29)13(19)22(14-17(30)8(24)5-11(27)20(14)33-2)15-18(31)9(25)6-12(28)21(15)34-3/h4-6H,1-3H3. The summed E-state index contributed by atoms with van der Waals surface area (Å²) in [5.74, 6) is -20.1. The van der Waals surface area contributed by atoms with Crippen molar-refractivity contribution >= 4 is 23.1 Å². The van der Waals surface area contributed by atoms with E-state index >= 15 is 13.2 Å². The van der Waals surface area contributed by atoms with Crippen LogP contribution in [0.25, 0.3) is 0 Å². The number of hydrogen-bond donors (Lipinski definition) is 0. The van der Waals surface area contributed by atoms with E-state index in [0.29, 0.717) is 0 Å². The molecule has 0 saturated carbocycles. The SMILES string of the molecule is COc1c(F)cc(F)c(F)c1B(c1c(F)c(F)cc(F)c1OC)c1c(F)c(F)cc(F)c1OC. The van der Waals surface area contributed by atoms with Gasteiger partial charge in [0.1, 0.15) is 0 Å². The first-order valence-corrected chi connectivity index (χ1v) is 9.14. The molecule has 0 saturated heterocycles. The van der Waals surface area contributed by atoms with E-state index in [1.165, 1.54) is 0 Å². The Morgan fingerprint density at radius 3 is 0.882 bits per heavy atom. The van der Waals surface area contributed by atoms with Crippen LogP contribution in [0.5, 0.6) is 17.2 Å². The zero-order chi connectivity index (χ0) is 25.5. The molecule has 0 heterocycles. The minimum absolute atomic E-state index is 0.0220. The maximum atomic E-state index is 15.1. The van der Waals surface area contributed by atoms with Crippen LogP contribution >= 0.6 is 0 Å². The van der Waals surface area contributed by atoms with Gasteiger partial charge in [0, 0.05) is 34.6 Å². The van der Waals surface area contributed by atoms with Gasteiger partial charge in [-0.2, -0.15) is 0 Å². The summed E-state index contributed by atoms with van der Waals surface area (Å²) in [4.78, 5) is 0. The summed E-state index contributed by atoms with van der Waals surface area (Å²) in [7, 11) is 2.28. The number of methoxy groups -OCH3 is 3. The monoisotopic (exact) mass is 494 g/mol. The lowest BCUT2D eigenvalue weighted by Gasteiger charge is -2.24. The minimum atomic E-state index is -2.68. The van der Waals surface area contributed by atoms with E-state index in [0.717, 1.165) is 21.3 Å². The van der Waals surface area contributed by atoms with Gasteiger partial charge in [-0.15, -0.1) is 0 Å². The van der Waals surface area contributed by atoms with Gasteiger partial charge < -0.3 is 14.2 Å². The molecule has 0 aliphatic rings. The Kier molecular flexibility index (Phi) is 6.94. The van der Waals surface area contributed by atoms with Crippen LogP contribution in [0.15, 0.2) is 18.2 Å². The predicted molar refractivity (Wildman–Crippen MR) is 103 cm³/mol. The highest BCUT2D eigenvalue weighted by Gasteiger charge is 2.43. The molecule has 3 aromatic carbocycles. The first-order chi connectivity index (χ1) is 16.0. The number of halogens is 9. The average Bonchev–Trinajstić information content (AvgIpc) is 2.78. The summed E-state index contributed by atoms with van der Waals surface area (Å²) < 4.78 is 145. The van der Waals surface area contributed by atoms with Gasteiger partial charge in [0.05, 0.1) is 21.3 Å². The van der Waals surface area contributed by atoms with Crippen LogP contribution < -0.4 is 30.6 Å². The number of rotatable bonds is 6. The second-order valence-corrected chi connectivity index (χ2v) is 6.74. The quantitative estimate of drug-likeness (QED) is 0.299. The average molecular weight is 494 g/mol. The zero-order valence-corrected chi connectivity index (χ0v) is 17.4. The molecule has 0 amide bonds. The largest absolute Gasteiger partial charge is 0.494 e. The highest BCUT2D eigenvalue weighted by molar-refractivity contribution is 6.97. The molecule has 0 aliphatic carbocycles. The molecule has 13 heteroatoms. The summed E-state index contributed by atoms with van der Waals surface area (Å²) >= 11 is 0. The van der Waals surface area contributed by atoms with Gasteiger partial charge in [-0.1, -0.05) is 0 Å². The highest BCUT2D eigenvalue weighted by atomic mass is 19.2. The van der Waals surface area contributed by atoms with Crippen LogP contribution in [0.2, 0.25) is 0 Å². The Bertz CT molecular complexity index is 1130. The van der Waals surface area contributed by atoms with Crippen LogP contribution in [0.4, 0.5) is 39.5 Å². The van der Waals surface area contributed by atoms with E-state index in [4.69, 9.17) is 14.2 Å². The summed E-state index contributed by atoms with van der Waals surface area (Å²) in [5, 5.41) is 0. The molecular weight excluding hydrogens is 482 g/mol. The molecule has 3 rings (SSSR count). The van der Waals surface area contributed by atoms with Crippen molar-refractivity contribution in [2.75, 3.05) is 21.3 Å². The van der Waals surface area contributed by atoms with Crippen molar-refractivity contribution in [2.24, 2.45) is 0 Å². The third-order valence-corrected chi connectivity index (χ3v) is 4.96. The molecule has 0 unspecified atom stereocenters. The maximum absolute atomic E-state index is 15.1. The molecular formula is C21H12BF9O3. The lowest BCUT2D eigenvalue weighted by molar-refractivity contribution is 0.377. The van der Waals surface area contributed by atoms with Crippen molar-refractivity contribution in [3.63, 3.8) is 0 Å². The van der Waals surface area contributed by atoms with Crippen molar-refractivity contribution in [1.29, 1.82) is 0 Å². The summed E-state index contributed by atoms with van der Waals surface area (Å²) in [6.07, 6.45) is 0. The van der Waals surface area contributed by atoms with Crippen LogP contribution in [0.3, 0.4) is 0 Å². The molecule has 0 bridgehead atoms. The minimum Gasteiger partial charge on any atom is -0.494 e. The van der Waals surface area contributed by atoms with Gasteiger partial charge in [-0.05, 0) is 0 Å². The predicted octanol–water partition coefficient (Wildman–Crippen LogP) is 3.48. The third-order valence-electron chi connectivity index (χ3n) is 4.96. The molecule has 0 atom stereocenters. The van der Waals surface area contributed by atoms with Gasteiger partial charge in [-0.3, -0.25) is 0 Å². The molecule has 0 aliphatic heterocycles. The third kappa shape index (κ3) is 3.88. The van der Waals surface area contributed by atoms with Crippen molar-refractivity contribution in [1.82, 2.24) is 0 Å². The Balaban J connectivity index is 2.68. The van der Waals surface area contributed by atoms with Crippen LogP contribution in [0.1, 0.15) is 0 Å². The van der Waals surface area contributed by atoms with E-state index in [2.05, 4.69) is 0 Å². The number of hydrogen-bond acceptors (Lipinski definition) is 3. The molecule has 34 heavy (non-hydrogen) atoms. The Hall–Kier alpha value is -3.51. The first kappa shape index (κ1) is 25.1. The first-order valence-electron chi connectivity index (χ1n) is 9.14. The molecule has 0 fully saturated rings. The van der Waals surface area contributed by atoms with Crippen molar-refractivity contribution < 1.29 is 53.7 Å². The smallest absolute Gasteiger partial charge is 0.268 e. The normalized spacial score (nSPS) is 10.9. The van der Waals surface area contributed by atoms with Crippen LogP contribution in [0, 0.1) is 52.4 Å². The highest BCUT2D eigenvalue weighted by Crippen LogP contribution is 2.27. The van der Waals surface area contributed by atoms with Gasteiger partial charge in [0.25, 0.3) is 6.71 Å². The Morgan fingerprint density at radius 1 is 0.441 bits per heavy atom. The van der Waals surface area contributed by atoms with E-state index in [1.54, 1.807) is 0 Å². The van der Waals surface area contributed by atoms with Crippen LogP contribution in [-0.2, 0) is 0 Å². The second kappa shape index (κ2) is 9.39. The fourth-order valence-corrected chi connectivity index (χ4v) is 3.62. The van der Waals surface area contributed by atoms with E-state index in [9.17, 15) is 26.3 Å². The fraction of sp³-hybridized carbons (Fsp3) is 0.143. The lowest BCUT2D eigenvalue weighted by atomic mass is 9.35. The molecule has 3 aromatic rings. The number of ether oxygens (including phenoxy) is 3. The van der Waals surface area contributed by atoms with Gasteiger partial charge in [0.15, 0.2) is 69.6 Å². The maximum Gasteiger partial charge on any atom is 0.268 e. The second-order valence-electron chi connectivity index (χ2n) is 6.74. The topological polar surface area (TPSA) is 27.7 Å². The van der Waals surface area contributed by atoms with Crippen molar-refractivity contribution in [3.8, 4) is 17.2 Å². The summed E-state index contributed by atoms with van der Waals surface area (Å²) in [5.41, 5.74) is -4.15. The van der Waals surface area contributed by atoms with Gasteiger partial charge >= 0.3 is 0 Å². The molecule has 0 spiro atoms. The number of benzene rings is 3. The molecule has 0 radical (unpaired) electrons. The molecule has 0 N–H and O–H groups in total. The van der Waals surface area contributed by atoms with Crippen molar-refractivity contribution in [2.45, 2.75) is 0 Å². The summed E-state index contributed by atoms with van der Waals surface area (Å²) in [6.45, 7) is -2.68. The van der Waals surface area contributed by atoms with Gasteiger partial charge in [0.2, 0.25) is 0 Å². The van der Waals surface area contributed by atoms with E-state index < -0.39 is 92.7 Å². The lowest BCUT2D eigenvalue weighted by Crippen LogP contribution is -2.57. The van der Waals surface area contributed by atoms with E-state index in [-0.39, 0.29) is 18.2 Å².